The van der Waals surface area contributed by atoms with Crippen LogP contribution in [-0.4, -0.2) is 69.3 Å². The second kappa shape index (κ2) is 18.0. The van der Waals surface area contributed by atoms with Crippen molar-refractivity contribution in [3.8, 4) is 5.75 Å². The normalized spacial score (nSPS) is 16.1. The molecule has 0 radical (unpaired) electrons. The topological polar surface area (TPSA) is 154 Å². The second-order valence-electron chi connectivity index (χ2n) is 9.64. The van der Waals surface area contributed by atoms with Crippen molar-refractivity contribution in [1.82, 2.24) is 16.0 Å². The molecule has 0 saturated carbocycles. The number of benzene rings is 2. The molecule has 0 aromatic heterocycles. The summed E-state index contributed by atoms with van der Waals surface area (Å²) in [6, 6.07) is 12.5. The third-order valence-electron chi connectivity index (χ3n) is 6.14. The van der Waals surface area contributed by atoms with Crippen LogP contribution in [0.25, 0.3) is 0 Å². The number of aliphatic hydroxyl groups is 1. The highest BCUT2D eigenvalue weighted by atomic mass is 32.2. The van der Waals surface area contributed by atoms with Crippen molar-refractivity contribution in [3.63, 3.8) is 0 Å². The molecular weight excluding hydrogens is 558 g/mol. The highest BCUT2D eigenvalue weighted by Gasteiger charge is 2.39. The Kier molecular flexibility index (Phi) is 16.4. The molecule has 2 amide bonds. The Labute approximate surface area is 253 Å². The summed E-state index contributed by atoms with van der Waals surface area (Å²) in [6.07, 6.45) is 0.0570. The minimum absolute atomic E-state index is 0. The molecule has 0 aliphatic carbocycles. The number of carboxylic acids is 1. The second-order valence-corrected chi connectivity index (χ2v) is 11.3. The van der Waals surface area contributed by atoms with E-state index in [9.17, 15) is 24.3 Å². The van der Waals surface area contributed by atoms with Gasteiger partial charge in [-0.15, -0.1) is 18.3 Å². The summed E-state index contributed by atoms with van der Waals surface area (Å²) in [7, 11) is 0. The first kappa shape index (κ1) is 38.3. The maximum absolute atomic E-state index is 12.7. The van der Waals surface area contributed by atoms with Crippen molar-refractivity contribution in [2.45, 2.75) is 71.9 Å². The molecule has 1 aliphatic heterocycles. The van der Waals surface area contributed by atoms with E-state index in [0.717, 1.165) is 11.4 Å². The van der Waals surface area contributed by atoms with E-state index in [0.29, 0.717) is 12.1 Å². The van der Waals surface area contributed by atoms with Crippen LogP contribution in [0.3, 0.4) is 0 Å². The molecule has 1 saturated heterocycles. The van der Waals surface area contributed by atoms with Crippen LogP contribution < -0.4 is 20.7 Å². The molecule has 3 rings (SSSR count). The number of nitrogens with one attached hydrogen (secondary N) is 3. The van der Waals surface area contributed by atoms with Crippen molar-refractivity contribution >= 4 is 35.5 Å². The summed E-state index contributed by atoms with van der Waals surface area (Å²) in [5.41, 5.74) is 1.44. The van der Waals surface area contributed by atoms with Crippen LogP contribution in [0, 0.1) is 6.92 Å². The van der Waals surface area contributed by atoms with E-state index >= 15 is 0 Å². The van der Waals surface area contributed by atoms with Gasteiger partial charge in [-0.2, -0.15) is 0 Å². The third-order valence-corrected chi connectivity index (χ3v) is 7.43. The van der Waals surface area contributed by atoms with Gasteiger partial charge >= 0.3 is 11.9 Å². The van der Waals surface area contributed by atoms with Crippen molar-refractivity contribution in [3.05, 3.63) is 77.9 Å². The third kappa shape index (κ3) is 11.3. The fraction of sp³-hybridized carbons (Fsp3) is 0.419. The smallest absolute Gasteiger partial charge is 0.334 e. The lowest BCUT2D eigenvalue weighted by Gasteiger charge is -2.23. The van der Waals surface area contributed by atoms with Crippen molar-refractivity contribution in [1.29, 1.82) is 0 Å². The minimum Gasteiger partial charge on any atom is -0.479 e. The minimum atomic E-state index is -1.77. The molecule has 11 heteroatoms. The van der Waals surface area contributed by atoms with Crippen LogP contribution in [0.5, 0.6) is 5.75 Å². The van der Waals surface area contributed by atoms with Gasteiger partial charge < -0.3 is 25.6 Å². The molecule has 0 spiro atoms. The number of hydrogen-bond donors (Lipinski definition) is 5. The summed E-state index contributed by atoms with van der Waals surface area (Å²) < 4.78 is 5.05. The van der Waals surface area contributed by atoms with Gasteiger partial charge in [0.1, 0.15) is 11.8 Å². The molecule has 42 heavy (non-hydrogen) atoms. The zero-order chi connectivity index (χ0) is 29.9. The van der Waals surface area contributed by atoms with Crippen molar-refractivity contribution < 1.29 is 34.1 Å². The average Bonchev–Trinajstić information content (AvgIpc) is 3.27. The summed E-state index contributed by atoms with van der Waals surface area (Å²) in [5, 5.41) is 27.7. The van der Waals surface area contributed by atoms with Gasteiger partial charge in [0, 0.05) is 35.2 Å². The lowest BCUT2D eigenvalue weighted by Crippen LogP contribution is -2.49. The molecule has 2 aromatic carbocycles. The molecule has 2 aromatic rings. The monoisotopic (exact) mass is 603 g/mol. The number of rotatable bonds is 10. The van der Waals surface area contributed by atoms with Gasteiger partial charge in [0.15, 0.2) is 6.10 Å². The highest BCUT2D eigenvalue weighted by molar-refractivity contribution is 8.00. The largest absolute Gasteiger partial charge is 0.479 e. The lowest BCUT2D eigenvalue weighted by atomic mass is 10.00. The van der Waals surface area contributed by atoms with Gasteiger partial charge in [0.05, 0.1) is 6.04 Å². The molecule has 3 atom stereocenters. The zero-order valence-corrected chi connectivity index (χ0v) is 23.9. The zero-order valence-electron chi connectivity index (χ0n) is 23.1. The molecule has 1 aliphatic rings. The number of thioether (sulfide) groups is 1. The molecule has 5 N–H and O–H groups in total. The average molecular weight is 604 g/mol. The van der Waals surface area contributed by atoms with E-state index in [1.165, 1.54) is 13.0 Å². The predicted molar refractivity (Wildman–Crippen MR) is 168 cm³/mol. The van der Waals surface area contributed by atoms with E-state index in [4.69, 9.17) is 9.84 Å². The molecular formula is C31H45N3O7S. The summed E-state index contributed by atoms with van der Waals surface area (Å²) in [6.45, 7) is 11.1. The standard InChI is InChI=1S/C20H21NO6.C9H16N2OS.2CH4/c1-12-15(9-6-10-17(12)27-13(2)22)19(24)21-16(18(23)20(25)26)11-14-7-4-3-5-8-14;1-4-5-10-8(12)7-9(2,3)13-6-11-7;;/h3-10,16,18,23H,11H2,1-2H3,(H,21,24)(H,25,26);4,7,11H,1,5-6H2,2-3H3,(H,10,12);2*1H4/t16-,18-;;;/m0.../s1. The van der Waals surface area contributed by atoms with Crippen molar-refractivity contribution in [2.24, 2.45) is 0 Å². The van der Waals surface area contributed by atoms with E-state index < -0.39 is 30.0 Å². The van der Waals surface area contributed by atoms with E-state index in [1.807, 2.05) is 6.07 Å². The molecule has 10 nitrogen and oxygen atoms in total. The Bertz CT molecular complexity index is 1200. The first-order valence-corrected chi connectivity index (χ1v) is 13.7. The lowest BCUT2D eigenvalue weighted by molar-refractivity contribution is -0.148. The Hall–Kier alpha value is -3.67. The molecule has 1 heterocycles. The van der Waals surface area contributed by atoms with E-state index in [-0.39, 0.29) is 49.3 Å². The number of ether oxygens (including phenoxy) is 1. The number of carboxylic acid groups (broad SMARTS) is 1. The Morgan fingerprint density at radius 3 is 2.31 bits per heavy atom. The van der Waals surface area contributed by atoms with Crippen LogP contribution in [0.15, 0.2) is 61.2 Å². The number of esters is 1. The van der Waals surface area contributed by atoms with Crippen LogP contribution in [-0.2, 0) is 20.8 Å². The predicted octanol–water partition coefficient (Wildman–Crippen LogP) is 3.71. The van der Waals surface area contributed by atoms with Gasteiger partial charge in [-0.05, 0) is 44.9 Å². The SMILES string of the molecule is C.C.C=CCNC(=O)C1NCSC1(C)C.CC(=O)Oc1cccc(C(=O)N[C@@H](Cc2ccccc2)[C@H](O)C(=O)O)c1C. The van der Waals surface area contributed by atoms with Gasteiger partial charge in [-0.25, -0.2) is 4.79 Å². The van der Waals surface area contributed by atoms with Crippen LogP contribution in [0.4, 0.5) is 0 Å². The fourth-order valence-electron chi connectivity index (χ4n) is 3.98. The number of amides is 2. The first-order valence-electron chi connectivity index (χ1n) is 12.7. The molecule has 1 fully saturated rings. The maximum atomic E-state index is 12.7. The Balaban J connectivity index is 0.000000949. The molecule has 232 valence electrons. The van der Waals surface area contributed by atoms with Gasteiger partial charge in [0.2, 0.25) is 5.91 Å². The van der Waals surface area contributed by atoms with Crippen LogP contribution in [0.2, 0.25) is 0 Å². The van der Waals surface area contributed by atoms with Crippen molar-refractivity contribution in [2.75, 3.05) is 12.4 Å². The summed E-state index contributed by atoms with van der Waals surface area (Å²) in [5.74, 6) is -1.36. The van der Waals surface area contributed by atoms with Gasteiger partial charge in [0.25, 0.3) is 5.91 Å². The number of hydrogen-bond acceptors (Lipinski definition) is 8. The molecule has 1 unspecified atom stereocenters. The summed E-state index contributed by atoms with van der Waals surface area (Å²) >= 11 is 1.77. The summed E-state index contributed by atoms with van der Waals surface area (Å²) in [4.78, 5) is 46.7. The quantitative estimate of drug-likeness (QED) is 0.155. The van der Waals surface area contributed by atoms with Gasteiger partial charge in [-0.3, -0.25) is 19.7 Å². The fourth-order valence-corrected chi connectivity index (χ4v) is 4.96. The Morgan fingerprint density at radius 1 is 1.14 bits per heavy atom. The van der Waals surface area contributed by atoms with Crippen LogP contribution in [0.1, 0.15) is 57.1 Å². The highest BCUT2D eigenvalue weighted by Crippen LogP contribution is 2.32. The molecule has 0 bridgehead atoms. The van der Waals surface area contributed by atoms with Crippen LogP contribution >= 0.6 is 11.8 Å². The van der Waals surface area contributed by atoms with E-state index in [1.54, 1.807) is 61.2 Å². The number of aliphatic carboxylic acids is 1. The van der Waals surface area contributed by atoms with Gasteiger partial charge in [-0.1, -0.05) is 57.3 Å². The first-order chi connectivity index (χ1) is 18.9. The number of carbonyl (C=O) groups excluding carboxylic acids is 3. The maximum Gasteiger partial charge on any atom is 0.334 e. The van der Waals surface area contributed by atoms with E-state index in [2.05, 4.69) is 36.4 Å². The Morgan fingerprint density at radius 2 is 1.79 bits per heavy atom. The number of carbonyl (C=O) groups is 4. The number of aliphatic hydroxyl groups excluding tert-OH is 1.